The summed E-state index contributed by atoms with van der Waals surface area (Å²) in [6.07, 6.45) is 3.94. The van der Waals surface area contributed by atoms with Gasteiger partial charge >= 0.3 is 0 Å². The molecule has 0 amide bonds. The van der Waals surface area contributed by atoms with Gasteiger partial charge in [-0.25, -0.2) is 13.4 Å². The van der Waals surface area contributed by atoms with Gasteiger partial charge in [0.2, 0.25) is 9.84 Å². The Balaban J connectivity index is 3.17. The van der Waals surface area contributed by atoms with Crippen LogP contribution in [0.1, 0.15) is 0 Å². The van der Waals surface area contributed by atoms with Crippen LogP contribution in [-0.2, 0) is 9.84 Å². The van der Waals surface area contributed by atoms with Gasteiger partial charge in [0.1, 0.15) is 0 Å². The van der Waals surface area contributed by atoms with Gasteiger partial charge in [-0.1, -0.05) is 31.9 Å². The van der Waals surface area contributed by atoms with Crippen molar-refractivity contribution in [1.29, 1.82) is 0 Å². The molecule has 0 unspecified atom stereocenters. The van der Waals surface area contributed by atoms with Crippen molar-refractivity contribution in [3.8, 4) is 0 Å². The van der Waals surface area contributed by atoms with E-state index < -0.39 is 12.9 Å². The van der Waals surface area contributed by atoms with Gasteiger partial charge in [-0.15, -0.1) is 0 Å². The van der Waals surface area contributed by atoms with Crippen LogP contribution in [0, 0.1) is 0 Å². The lowest BCUT2D eigenvalue weighted by molar-refractivity contribution is 0.595. The minimum Gasteiger partial charge on any atom is -0.260 e. The van der Waals surface area contributed by atoms with E-state index in [1.165, 1.54) is 18.6 Å². The smallest absolute Gasteiger partial charge is 0.219 e. The topological polar surface area (TPSA) is 59.9 Å². The lowest BCUT2D eigenvalue weighted by atomic mass is 10.8. The molecule has 0 bridgehead atoms. The minimum atomic E-state index is -3.42. The molecule has 0 aliphatic carbocycles. The maximum atomic E-state index is 11.3. The van der Waals surface area contributed by atoms with Crippen molar-refractivity contribution in [2.24, 2.45) is 0 Å². The second-order valence-corrected chi connectivity index (χ2v) is 8.10. The van der Waals surface area contributed by atoms with Gasteiger partial charge in [0.05, 0.1) is 6.20 Å². The number of rotatable bonds is 2. The summed E-state index contributed by atoms with van der Waals surface area (Å²) in [7, 11) is -3.42. The van der Waals surface area contributed by atoms with E-state index in [9.17, 15) is 8.42 Å². The Morgan fingerprint density at radius 1 is 1.33 bits per heavy atom. The summed E-state index contributed by atoms with van der Waals surface area (Å²) >= 11 is 5.79. The fraction of sp³-hybridized carbons (Fsp3) is 0.200. The number of nitrogens with zero attached hydrogens (tertiary/aromatic N) is 2. The maximum absolute atomic E-state index is 11.3. The third kappa shape index (κ3) is 2.02. The highest BCUT2D eigenvalue weighted by Crippen LogP contribution is 2.22. The van der Waals surface area contributed by atoms with E-state index in [1.54, 1.807) is 0 Å². The Morgan fingerprint density at radius 3 is 2.42 bits per heavy atom. The Labute approximate surface area is 86.6 Å². The average molecular weight is 316 g/mol. The van der Waals surface area contributed by atoms with Crippen molar-refractivity contribution in [1.82, 2.24) is 9.97 Å². The number of sulfone groups is 1. The first-order valence-corrected chi connectivity index (χ1v) is 6.21. The van der Waals surface area contributed by atoms with Crippen LogP contribution in [0.2, 0.25) is 0 Å². The molecule has 0 radical (unpaired) electrons. The monoisotopic (exact) mass is 314 g/mol. The molecule has 1 aromatic rings. The molecule has 66 valence electrons. The average Bonchev–Trinajstić information content (AvgIpc) is 2.06. The van der Waals surface area contributed by atoms with E-state index >= 15 is 0 Å². The largest absolute Gasteiger partial charge is 0.260 e. The Bertz CT molecular complexity index is 351. The molecule has 0 spiro atoms. The van der Waals surface area contributed by atoms with Crippen LogP contribution in [0.15, 0.2) is 23.6 Å². The molecule has 0 aliphatic heterocycles. The second kappa shape index (κ2) is 3.80. The van der Waals surface area contributed by atoms with Gasteiger partial charge in [-0.3, -0.25) is 4.98 Å². The van der Waals surface area contributed by atoms with Crippen LogP contribution >= 0.6 is 31.9 Å². The lowest BCUT2D eigenvalue weighted by Gasteiger charge is -2.01. The summed E-state index contributed by atoms with van der Waals surface area (Å²) in [5.74, 6) is 0. The van der Waals surface area contributed by atoms with Gasteiger partial charge in [0.25, 0.3) is 0 Å². The first kappa shape index (κ1) is 10.1. The molecular weight excluding hydrogens is 312 g/mol. The first-order valence-electron chi connectivity index (χ1n) is 2.83. The molecule has 0 atom stereocenters. The highest BCUT2D eigenvalue weighted by atomic mass is 79.9. The van der Waals surface area contributed by atoms with E-state index in [4.69, 9.17) is 0 Å². The van der Waals surface area contributed by atoms with Crippen LogP contribution in [0.25, 0.3) is 0 Å². The summed E-state index contributed by atoms with van der Waals surface area (Å²) in [4.78, 5) is 7.31. The zero-order valence-corrected chi connectivity index (χ0v) is 9.67. The van der Waals surface area contributed by atoms with Gasteiger partial charge < -0.3 is 0 Å². The van der Waals surface area contributed by atoms with E-state index in [0.717, 1.165) is 0 Å². The Kier molecular flexibility index (Phi) is 3.19. The molecule has 0 aromatic carbocycles. The third-order valence-electron chi connectivity index (χ3n) is 1.07. The number of alkyl halides is 2. The van der Waals surface area contributed by atoms with E-state index in [-0.39, 0.29) is 5.03 Å². The van der Waals surface area contributed by atoms with Crippen molar-refractivity contribution in [2.75, 3.05) is 0 Å². The van der Waals surface area contributed by atoms with Crippen molar-refractivity contribution in [3.63, 3.8) is 0 Å². The fourth-order valence-corrected chi connectivity index (χ4v) is 2.27. The molecule has 1 heterocycles. The van der Waals surface area contributed by atoms with E-state index in [1.807, 2.05) is 0 Å². The number of halogens is 2. The van der Waals surface area contributed by atoms with E-state index in [2.05, 4.69) is 41.8 Å². The van der Waals surface area contributed by atoms with Crippen LogP contribution < -0.4 is 0 Å². The van der Waals surface area contributed by atoms with Crippen LogP contribution in [-0.4, -0.2) is 21.5 Å². The van der Waals surface area contributed by atoms with Crippen molar-refractivity contribution >= 4 is 41.7 Å². The Hall–Kier alpha value is -0.0100. The first-order chi connectivity index (χ1) is 5.55. The minimum absolute atomic E-state index is 0.0521. The Morgan fingerprint density at radius 2 is 2.00 bits per heavy atom. The number of hydrogen-bond donors (Lipinski definition) is 0. The second-order valence-electron chi connectivity index (χ2n) is 1.85. The standard InChI is InChI=1S/C5H4Br2N2O2S/c6-5(7)12(10,11)4-3-8-1-2-9-4/h1-3,5H. The van der Waals surface area contributed by atoms with Gasteiger partial charge in [0, 0.05) is 12.4 Å². The molecule has 1 aromatic heterocycles. The van der Waals surface area contributed by atoms with Crippen LogP contribution in [0.5, 0.6) is 0 Å². The van der Waals surface area contributed by atoms with E-state index in [0.29, 0.717) is 0 Å². The zero-order chi connectivity index (χ0) is 9.19. The molecule has 0 fully saturated rings. The van der Waals surface area contributed by atoms with Gasteiger partial charge in [0.15, 0.2) is 8.09 Å². The molecule has 0 saturated heterocycles. The molecule has 0 N–H and O–H groups in total. The SMILES string of the molecule is O=S(=O)(c1cnccn1)C(Br)Br. The maximum Gasteiger partial charge on any atom is 0.219 e. The molecular formula is C5H4Br2N2O2S. The summed E-state index contributed by atoms with van der Waals surface area (Å²) in [6.45, 7) is 0. The van der Waals surface area contributed by atoms with Gasteiger partial charge in [-0.05, 0) is 0 Å². The highest BCUT2D eigenvalue weighted by molar-refractivity contribution is 9.27. The molecule has 7 heteroatoms. The summed E-state index contributed by atoms with van der Waals surface area (Å²) < 4.78 is 21.8. The molecule has 0 aliphatic rings. The fourth-order valence-electron chi connectivity index (χ4n) is 0.524. The predicted molar refractivity (Wildman–Crippen MR) is 50.9 cm³/mol. The molecule has 4 nitrogen and oxygen atoms in total. The number of hydrogen-bond acceptors (Lipinski definition) is 4. The third-order valence-corrected chi connectivity index (χ3v) is 5.28. The summed E-state index contributed by atoms with van der Waals surface area (Å²) in [5, 5.41) is -0.0521. The summed E-state index contributed by atoms with van der Waals surface area (Å²) in [5.41, 5.74) is 0. The van der Waals surface area contributed by atoms with Crippen LogP contribution in [0.4, 0.5) is 0 Å². The van der Waals surface area contributed by atoms with Crippen molar-refractivity contribution in [3.05, 3.63) is 18.6 Å². The predicted octanol–water partition coefficient (Wildman–Crippen LogP) is 1.32. The molecule has 12 heavy (non-hydrogen) atoms. The summed E-state index contributed by atoms with van der Waals surface area (Å²) in [6, 6.07) is 0. The van der Waals surface area contributed by atoms with Crippen LogP contribution in [0.3, 0.4) is 0 Å². The van der Waals surface area contributed by atoms with Gasteiger partial charge in [-0.2, -0.15) is 0 Å². The quantitative estimate of drug-likeness (QED) is 0.772. The zero-order valence-electron chi connectivity index (χ0n) is 5.68. The number of aromatic nitrogens is 2. The molecule has 1 rings (SSSR count). The molecule has 0 saturated carbocycles. The highest BCUT2D eigenvalue weighted by Gasteiger charge is 2.23. The normalized spacial score (nSPS) is 11.9. The lowest BCUT2D eigenvalue weighted by Crippen LogP contribution is -2.10. The van der Waals surface area contributed by atoms with Crippen molar-refractivity contribution < 1.29 is 8.42 Å². The van der Waals surface area contributed by atoms with Crippen molar-refractivity contribution in [2.45, 2.75) is 8.09 Å².